The summed E-state index contributed by atoms with van der Waals surface area (Å²) in [4.78, 5) is 97.9. The number of alkyl carbamates (subject to hydrolysis) is 1. The lowest BCUT2D eigenvalue weighted by molar-refractivity contribution is -0.261. The maximum absolute atomic E-state index is 14.0. The van der Waals surface area contributed by atoms with Crippen LogP contribution in [-0.2, 0) is 56.9 Å². The Balaban J connectivity index is 0.712. The second-order valence-electron chi connectivity index (χ2n) is 16.8. The van der Waals surface area contributed by atoms with E-state index in [1.54, 1.807) is 4.57 Å². The lowest BCUT2D eigenvalue weighted by atomic mass is 9.85. The highest BCUT2D eigenvalue weighted by molar-refractivity contribution is 6.13. The molecule has 346 valence electrons. The van der Waals surface area contributed by atoms with Crippen molar-refractivity contribution in [1.82, 2.24) is 45.7 Å². The zero-order chi connectivity index (χ0) is 45.5. The van der Waals surface area contributed by atoms with Crippen molar-refractivity contribution in [3.63, 3.8) is 0 Å². The predicted octanol–water partition coefficient (Wildman–Crippen LogP) is 1.77. The molecule has 0 radical (unpaired) electrons. The summed E-state index contributed by atoms with van der Waals surface area (Å²) in [5.74, 6) is -2.04. The van der Waals surface area contributed by atoms with E-state index in [9.17, 15) is 33.6 Å². The van der Waals surface area contributed by atoms with Gasteiger partial charge in [0.15, 0.2) is 11.9 Å². The average Bonchev–Trinajstić information content (AvgIpc) is 3.84. The fraction of sp³-hybridized carbons (Fsp3) is 0.511. The lowest BCUT2D eigenvalue weighted by Gasteiger charge is -2.40. The molecule has 5 aliphatic heterocycles. The number of carbonyl (C=O) groups is 6. The van der Waals surface area contributed by atoms with Crippen molar-refractivity contribution in [2.75, 3.05) is 65.5 Å². The topological polar surface area (TPSA) is 232 Å². The van der Waals surface area contributed by atoms with Crippen LogP contribution in [0.3, 0.4) is 0 Å². The average molecular weight is 898 g/mol. The second kappa shape index (κ2) is 20.3. The van der Waals surface area contributed by atoms with Crippen molar-refractivity contribution in [1.29, 1.82) is 0 Å². The smallest absolute Gasteiger partial charge is 0.407 e. The number of rotatable bonds is 16. The number of para-hydroxylation sites is 1. The van der Waals surface area contributed by atoms with E-state index in [1.807, 2.05) is 37.3 Å². The minimum atomic E-state index is -1.57. The maximum Gasteiger partial charge on any atom is 0.407 e. The third kappa shape index (κ3) is 10.4. The Morgan fingerprint density at radius 3 is 2.35 bits per heavy atom. The van der Waals surface area contributed by atoms with Gasteiger partial charge < -0.3 is 43.9 Å². The van der Waals surface area contributed by atoms with Crippen molar-refractivity contribution in [3.8, 4) is 11.4 Å². The monoisotopic (exact) mass is 897 g/mol. The van der Waals surface area contributed by atoms with Gasteiger partial charge in [0.05, 0.1) is 35.1 Å². The van der Waals surface area contributed by atoms with Crippen molar-refractivity contribution in [2.24, 2.45) is 0 Å². The number of ether oxygens (including phenoxy) is 4. The Bertz CT molecular complexity index is 2400. The SMILES string of the molecule is CC[C@@]1(OC2CCCC(COC(=O)NCCCN3CCN(CCCNC(=O)NNC(=O)CCN4C(=O)C=CC4=O)CC3)O2)C(=O)OCc2c1cc1n(c2=O)Cc2cc3ccccc3nc2-1. The molecule has 2 aromatic heterocycles. The number of hydrazine groups is 1. The number of amides is 6. The highest BCUT2D eigenvalue weighted by Crippen LogP contribution is 2.42. The number of benzene rings is 1. The molecule has 4 N–H and O–H groups in total. The van der Waals surface area contributed by atoms with Gasteiger partial charge >= 0.3 is 18.1 Å². The number of hydrogen-bond acceptors (Lipinski definition) is 14. The number of aromatic nitrogens is 2. The first kappa shape index (κ1) is 45.4. The molecular weight excluding hydrogens is 843 g/mol. The number of piperazine rings is 1. The van der Waals surface area contributed by atoms with Crippen LogP contribution >= 0.6 is 0 Å². The van der Waals surface area contributed by atoms with Gasteiger partial charge in [0.25, 0.3) is 17.4 Å². The molecule has 1 aromatic carbocycles. The number of cyclic esters (lactones) is 1. The van der Waals surface area contributed by atoms with Crippen LogP contribution in [0.15, 0.2) is 53.3 Å². The number of nitrogens with zero attached hydrogens (tertiary/aromatic N) is 5. The van der Waals surface area contributed by atoms with Crippen LogP contribution in [0.5, 0.6) is 0 Å². The third-order valence-corrected chi connectivity index (χ3v) is 12.5. The van der Waals surface area contributed by atoms with Crippen LogP contribution in [-0.4, -0.2) is 138 Å². The lowest BCUT2D eigenvalue weighted by Crippen LogP contribution is -2.49. The van der Waals surface area contributed by atoms with Gasteiger partial charge in [0.2, 0.25) is 5.91 Å². The molecule has 5 aliphatic rings. The number of fused-ring (bicyclic) bond motifs is 5. The number of pyridine rings is 2. The summed E-state index contributed by atoms with van der Waals surface area (Å²) >= 11 is 0. The van der Waals surface area contributed by atoms with E-state index in [2.05, 4.69) is 37.4 Å². The zero-order valence-electron chi connectivity index (χ0n) is 36.4. The Morgan fingerprint density at radius 2 is 1.62 bits per heavy atom. The van der Waals surface area contributed by atoms with E-state index >= 15 is 0 Å². The molecule has 2 saturated heterocycles. The van der Waals surface area contributed by atoms with Gasteiger partial charge in [0, 0.05) is 80.9 Å². The number of esters is 1. The van der Waals surface area contributed by atoms with Crippen molar-refractivity contribution >= 4 is 46.7 Å². The quantitative estimate of drug-likeness (QED) is 0.0544. The third-order valence-electron chi connectivity index (χ3n) is 12.5. The van der Waals surface area contributed by atoms with Crippen molar-refractivity contribution in [3.05, 3.63) is 75.6 Å². The standard InChI is InChI=1S/C45H55N9O11/c1-2-45(33-25-35-40-30(24-29-8-3-4-10-34(29)48-40)26-54(35)41(58)32(33)28-62-42(45)59)65-39-11-5-9-31(64-39)27-63-44(61)47-16-7-18-52-22-20-51(21-23-52)17-6-15-46-43(60)50-49-36(55)14-19-53-37(56)12-13-38(53)57/h3-4,8,10,12-13,24-25,31,39H,2,5-7,9,11,14-23,26-28H2,1H3,(H,47,61)(H,49,55)(H2,46,50,60)/t31?,39?,45-/m0/s1. The highest BCUT2D eigenvalue weighted by atomic mass is 16.7. The van der Waals surface area contributed by atoms with Crippen LogP contribution in [0.4, 0.5) is 9.59 Å². The summed E-state index contributed by atoms with van der Waals surface area (Å²) < 4.78 is 25.7. The molecule has 2 fully saturated rings. The van der Waals surface area contributed by atoms with E-state index in [0.717, 1.165) is 92.0 Å². The molecular formula is C45H55N9O11. The maximum atomic E-state index is 14.0. The van der Waals surface area contributed by atoms with E-state index in [4.69, 9.17) is 23.9 Å². The molecule has 6 amide bonds. The summed E-state index contributed by atoms with van der Waals surface area (Å²) in [6.45, 7) is 7.96. The minimum Gasteiger partial charge on any atom is -0.458 e. The zero-order valence-corrected chi connectivity index (χ0v) is 36.4. The van der Waals surface area contributed by atoms with Gasteiger partial charge in [-0.3, -0.25) is 29.5 Å². The first-order valence-electron chi connectivity index (χ1n) is 22.4. The van der Waals surface area contributed by atoms with Gasteiger partial charge in [-0.1, -0.05) is 25.1 Å². The van der Waals surface area contributed by atoms with Gasteiger partial charge in [0.1, 0.15) is 13.2 Å². The van der Waals surface area contributed by atoms with Gasteiger partial charge in [-0.25, -0.2) is 24.8 Å². The Labute approximate surface area is 374 Å². The summed E-state index contributed by atoms with van der Waals surface area (Å²) in [6.07, 6.45) is 3.92. The minimum absolute atomic E-state index is 0.0150. The number of hydrogen-bond donors (Lipinski definition) is 4. The number of carbonyl (C=O) groups excluding carboxylic acids is 6. The first-order valence-corrected chi connectivity index (χ1v) is 22.4. The van der Waals surface area contributed by atoms with Crippen LogP contribution < -0.4 is 27.0 Å². The molecule has 8 rings (SSSR count). The molecule has 0 aliphatic carbocycles. The molecule has 7 heterocycles. The largest absolute Gasteiger partial charge is 0.458 e. The molecule has 0 saturated carbocycles. The van der Waals surface area contributed by atoms with Crippen molar-refractivity contribution < 1.29 is 47.7 Å². The Morgan fingerprint density at radius 1 is 0.892 bits per heavy atom. The van der Waals surface area contributed by atoms with Crippen LogP contribution in [0.2, 0.25) is 0 Å². The van der Waals surface area contributed by atoms with Gasteiger partial charge in [-0.2, -0.15) is 0 Å². The molecule has 0 spiro atoms. The second-order valence-corrected chi connectivity index (χ2v) is 16.8. The fourth-order valence-corrected chi connectivity index (χ4v) is 8.96. The number of imide groups is 1. The molecule has 20 nitrogen and oxygen atoms in total. The molecule has 3 atom stereocenters. The van der Waals surface area contributed by atoms with E-state index < -0.39 is 53.8 Å². The van der Waals surface area contributed by atoms with Gasteiger partial charge in [-0.05, 0) is 69.8 Å². The Hall–Kier alpha value is -6.22. The summed E-state index contributed by atoms with van der Waals surface area (Å²) in [6, 6.07) is 11.2. The van der Waals surface area contributed by atoms with Crippen molar-refractivity contribution in [2.45, 2.75) is 83.0 Å². The van der Waals surface area contributed by atoms with Crippen LogP contribution in [0, 0.1) is 0 Å². The molecule has 2 unspecified atom stereocenters. The summed E-state index contributed by atoms with van der Waals surface area (Å²) in [5.41, 5.74) is 6.67. The Kier molecular flexibility index (Phi) is 14.2. The van der Waals surface area contributed by atoms with E-state index in [1.165, 1.54) is 0 Å². The van der Waals surface area contributed by atoms with Gasteiger partial charge in [-0.15, -0.1) is 0 Å². The molecule has 0 bridgehead atoms. The molecule has 65 heavy (non-hydrogen) atoms. The molecule has 3 aromatic rings. The number of urea groups is 1. The van der Waals surface area contributed by atoms with E-state index in [0.29, 0.717) is 55.0 Å². The molecule has 20 heteroatoms. The summed E-state index contributed by atoms with van der Waals surface area (Å²) in [5, 5.41) is 6.51. The van der Waals surface area contributed by atoms with Crippen LogP contribution in [0.1, 0.15) is 68.6 Å². The summed E-state index contributed by atoms with van der Waals surface area (Å²) in [7, 11) is 0. The van der Waals surface area contributed by atoms with E-state index in [-0.39, 0.29) is 38.2 Å². The fourth-order valence-electron chi connectivity index (χ4n) is 8.96. The predicted molar refractivity (Wildman–Crippen MR) is 233 cm³/mol. The highest BCUT2D eigenvalue weighted by Gasteiger charge is 2.50. The first-order chi connectivity index (χ1) is 31.5. The number of nitrogens with one attached hydrogen (secondary N) is 4. The van der Waals surface area contributed by atoms with Crippen LogP contribution in [0.25, 0.3) is 22.3 Å². The normalized spacial score (nSPS) is 21.7.